The van der Waals surface area contributed by atoms with E-state index in [0.29, 0.717) is 13.0 Å². The van der Waals surface area contributed by atoms with Crippen LogP contribution in [0.1, 0.15) is 16.7 Å². The molecule has 148 valence electrons. The van der Waals surface area contributed by atoms with E-state index in [9.17, 15) is 13.6 Å². The monoisotopic (exact) mass is 392 g/mol. The minimum Gasteiger partial charge on any atom is -0.381 e. The summed E-state index contributed by atoms with van der Waals surface area (Å²) < 4.78 is 26.4. The summed E-state index contributed by atoms with van der Waals surface area (Å²) in [6.45, 7) is 1.20. The lowest BCUT2D eigenvalue weighted by atomic mass is 10.1. The molecule has 2 N–H and O–H groups in total. The molecule has 0 spiro atoms. The van der Waals surface area contributed by atoms with E-state index in [4.69, 9.17) is 0 Å². The van der Waals surface area contributed by atoms with Gasteiger partial charge in [-0.1, -0.05) is 42.5 Å². The van der Waals surface area contributed by atoms with Crippen LogP contribution in [0.25, 0.3) is 6.08 Å². The third-order valence-corrected chi connectivity index (χ3v) is 4.36. The van der Waals surface area contributed by atoms with Crippen molar-refractivity contribution in [1.29, 1.82) is 0 Å². The van der Waals surface area contributed by atoms with Crippen molar-refractivity contribution in [3.8, 4) is 0 Å². The first kappa shape index (κ1) is 20.3. The van der Waals surface area contributed by atoms with E-state index in [1.54, 1.807) is 0 Å². The highest BCUT2D eigenvalue weighted by Crippen LogP contribution is 2.13. The molecule has 0 bridgehead atoms. The Balaban J connectivity index is 1.46. The first-order valence-corrected chi connectivity index (χ1v) is 9.38. The lowest BCUT2D eigenvalue weighted by Crippen LogP contribution is -2.23. The quantitative estimate of drug-likeness (QED) is 0.533. The molecular formula is C24H22F2N2O. The molecule has 0 aliphatic heterocycles. The topological polar surface area (TPSA) is 41.1 Å². The summed E-state index contributed by atoms with van der Waals surface area (Å²) >= 11 is 0. The highest BCUT2D eigenvalue weighted by Gasteiger charge is 2.02. The Morgan fingerprint density at radius 2 is 1.69 bits per heavy atom. The number of carbonyl (C=O) groups excluding carboxylic acids is 1. The summed E-state index contributed by atoms with van der Waals surface area (Å²) in [6.07, 6.45) is 3.25. The van der Waals surface area contributed by atoms with Crippen LogP contribution in [0.3, 0.4) is 0 Å². The van der Waals surface area contributed by atoms with E-state index < -0.39 is 11.6 Å². The van der Waals surface area contributed by atoms with Gasteiger partial charge in [-0.3, -0.25) is 4.79 Å². The number of nitrogens with one attached hydrogen (secondary N) is 2. The van der Waals surface area contributed by atoms with Crippen molar-refractivity contribution in [3.05, 3.63) is 107 Å². The molecule has 0 aliphatic rings. The van der Waals surface area contributed by atoms with Crippen molar-refractivity contribution in [2.24, 2.45) is 0 Å². The lowest BCUT2D eigenvalue weighted by Gasteiger charge is -2.09. The minimum atomic E-state index is -0.700. The van der Waals surface area contributed by atoms with Gasteiger partial charge in [0.1, 0.15) is 11.6 Å². The maximum absolute atomic E-state index is 13.6. The Kier molecular flexibility index (Phi) is 7.11. The van der Waals surface area contributed by atoms with E-state index in [0.717, 1.165) is 29.9 Å². The van der Waals surface area contributed by atoms with E-state index in [1.807, 2.05) is 36.4 Å². The van der Waals surface area contributed by atoms with Gasteiger partial charge in [-0.05, 0) is 47.9 Å². The van der Waals surface area contributed by atoms with Gasteiger partial charge in [0.25, 0.3) is 0 Å². The Morgan fingerprint density at radius 3 is 2.48 bits per heavy atom. The molecule has 3 aromatic rings. The molecule has 3 aromatic carbocycles. The Bertz CT molecular complexity index is 987. The summed E-state index contributed by atoms with van der Waals surface area (Å²) in [5, 5.41) is 6.15. The number of rotatable bonds is 8. The maximum Gasteiger partial charge on any atom is 0.244 e. The fourth-order valence-corrected chi connectivity index (χ4v) is 2.83. The van der Waals surface area contributed by atoms with Crippen LogP contribution < -0.4 is 10.6 Å². The molecule has 0 saturated carbocycles. The largest absolute Gasteiger partial charge is 0.381 e. The second-order valence-electron chi connectivity index (χ2n) is 6.58. The van der Waals surface area contributed by atoms with Crippen molar-refractivity contribution in [2.45, 2.75) is 13.0 Å². The average molecular weight is 392 g/mol. The minimum absolute atomic E-state index is 0.166. The Morgan fingerprint density at radius 1 is 0.897 bits per heavy atom. The zero-order chi connectivity index (χ0) is 20.5. The molecule has 0 saturated heterocycles. The van der Waals surface area contributed by atoms with Crippen molar-refractivity contribution >= 4 is 17.7 Å². The van der Waals surface area contributed by atoms with E-state index in [2.05, 4.69) is 28.8 Å². The summed E-state index contributed by atoms with van der Waals surface area (Å²) in [4.78, 5) is 11.9. The highest BCUT2D eigenvalue weighted by atomic mass is 19.1. The van der Waals surface area contributed by atoms with Gasteiger partial charge in [0.15, 0.2) is 0 Å². The van der Waals surface area contributed by atoms with Crippen molar-refractivity contribution in [3.63, 3.8) is 0 Å². The van der Waals surface area contributed by atoms with Gasteiger partial charge >= 0.3 is 0 Å². The number of carbonyl (C=O) groups is 1. The molecule has 3 rings (SSSR count). The van der Waals surface area contributed by atoms with Gasteiger partial charge in [-0.2, -0.15) is 0 Å². The van der Waals surface area contributed by atoms with Gasteiger partial charge in [-0.15, -0.1) is 0 Å². The third-order valence-electron chi connectivity index (χ3n) is 4.36. The molecule has 1 amide bonds. The van der Waals surface area contributed by atoms with Gasteiger partial charge in [0.05, 0.1) is 0 Å². The average Bonchev–Trinajstić information content (AvgIpc) is 2.73. The predicted octanol–water partition coefficient (Wildman–Crippen LogP) is 4.95. The standard InChI is InChI=1S/C24H22F2N2O/c25-21-11-9-20(23(26)16-21)10-12-24(29)27-14-13-18-7-4-8-22(15-18)28-17-19-5-2-1-3-6-19/h1-12,15-16,28H,13-14,17H2,(H,27,29). The number of anilines is 1. The Labute approximate surface area is 169 Å². The van der Waals surface area contributed by atoms with Crippen LogP contribution in [0.2, 0.25) is 0 Å². The summed E-state index contributed by atoms with van der Waals surface area (Å²) in [5.74, 6) is -1.68. The molecule has 0 atom stereocenters. The first-order valence-electron chi connectivity index (χ1n) is 9.38. The number of benzene rings is 3. The highest BCUT2D eigenvalue weighted by molar-refractivity contribution is 5.91. The zero-order valence-electron chi connectivity index (χ0n) is 15.9. The van der Waals surface area contributed by atoms with Crippen LogP contribution in [0.15, 0.2) is 78.9 Å². The summed E-state index contributed by atoms with van der Waals surface area (Å²) in [5.41, 5.74) is 3.48. The molecule has 0 radical (unpaired) electrons. The van der Waals surface area contributed by atoms with Gasteiger partial charge in [0, 0.05) is 36.5 Å². The first-order chi connectivity index (χ1) is 14.1. The lowest BCUT2D eigenvalue weighted by molar-refractivity contribution is -0.116. The zero-order valence-corrected chi connectivity index (χ0v) is 15.9. The van der Waals surface area contributed by atoms with Crippen LogP contribution in [0, 0.1) is 11.6 Å². The van der Waals surface area contributed by atoms with E-state index >= 15 is 0 Å². The number of hydrogen-bond acceptors (Lipinski definition) is 2. The fraction of sp³-hybridized carbons (Fsp3) is 0.125. The number of halogens is 2. The smallest absolute Gasteiger partial charge is 0.244 e. The molecule has 0 fully saturated rings. The maximum atomic E-state index is 13.6. The van der Waals surface area contributed by atoms with Gasteiger partial charge < -0.3 is 10.6 Å². The number of hydrogen-bond donors (Lipinski definition) is 2. The van der Waals surface area contributed by atoms with Crippen molar-refractivity contribution < 1.29 is 13.6 Å². The van der Waals surface area contributed by atoms with Crippen LogP contribution in [-0.2, 0) is 17.8 Å². The summed E-state index contributed by atoms with van der Waals surface area (Å²) in [6, 6.07) is 21.4. The van der Waals surface area contributed by atoms with Gasteiger partial charge in [0.2, 0.25) is 5.91 Å². The SMILES string of the molecule is O=C(C=Cc1ccc(F)cc1F)NCCc1cccc(NCc2ccccc2)c1. The van der Waals surface area contributed by atoms with Crippen molar-refractivity contribution in [2.75, 3.05) is 11.9 Å². The van der Waals surface area contributed by atoms with Crippen LogP contribution in [0.5, 0.6) is 0 Å². The van der Waals surface area contributed by atoms with Crippen LogP contribution in [-0.4, -0.2) is 12.5 Å². The van der Waals surface area contributed by atoms with Crippen LogP contribution in [0.4, 0.5) is 14.5 Å². The number of amides is 1. The molecule has 5 heteroatoms. The molecule has 29 heavy (non-hydrogen) atoms. The molecule has 0 aliphatic carbocycles. The van der Waals surface area contributed by atoms with Crippen LogP contribution >= 0.6 is 0 Å². The molecule has 0 heterocycles. The second-order valence-corrected chi connectivity index (χ2v) is 6.58. The Hall–Kier alpha value is -3.47. The predicted molar refractivity (Wildman–Crippen MR) is 112 cm³/mol. The fourth-order valence-electron chi connectivity index (χ4n) is 2.83. The molecular weight excluding hydrogens is 370 g/mol. The van der Waals surface area contributed by atoms with Gasteiger partial charge in [-0.25, -0.2) is 8.78 Å². The van der Waals surface area contributed by atoms with E-state index in [1.165, 1.54) is 23.8 Å². The van der Waals surface area contributed by atoms with Crippen molar-refractivity contribution in [1.82, 2.24) is 5.32 Å². The van der Waals surface area contributed by atoms with E-state index in [-0.39, 0.29) is 11.5 Å². The second kappa shape index (κ2) is 10.2. The molecule has 0 aromatic heterocycles. The molecule has 3 nitrogen and oxygen atoms in total. The third kappa shape index (κ3) is 6.57. The normalized spacial score (nSPS) is 10.8. The molecule has 0 unspecified atom stereocenters. The summed E-state index contributed by atoms with van der Waals surface area (Å²) in [7, 11) is 0.